The second-order valence-electron chi connectivity index (χ2n) is 3.64. The number of rotatable bonds is 5. The second-order valence-corrected chi connectivity index (χ2v) is 4.25. The van der Waals surface area contributed by atoms with Crippen molar-refractivity contribution < 1.29 is 0 Å². The maximum absolute atomic E-state index is 6.04. The van der Waals surface area contributed by atoms with Gasteiger partial charge in [-0.05, 0) is 29.0 Å². The largest absolute Gasteiger partial charge is 0.351 e. The number of hydrogen-bond donors (Lipinski definition) is 1. The van der Waals surface area contributed by atoms with Crippen LogP contribution in [0.15, 0.2) is 30.3 Å². The lowest BCUT2D eigenvalue weighted by atomic mass is 10.3. The zero-order chi connectivity index (χ0) is 12.1. The number of anilines is 1. The number of halogens is 1. The fraction of sp³-hybridized carbons (Fsp3) is 0.364. The van der Waals surface area contributed by atoms with Crippen LogP contribution in [0.5, 0.6) is 0 Å². The van der Waals surface area contributed by atoms with Crippen LogP contribution in [-0.4, -0.2) is 32.1 Å². The van der Waals surface area contributed by atoms with Crippen LogP contribution in [0.4, 0.5) is 5.95 Å². The highest BCUT2D eigenvalue weighted by atomic mass is 35.5. The SMILES string of the molecule is CCC(Cl)CNc1nnnn1-c1ccccc1. The van der Waals surface area contributed by atoms with Gasteiger partial charge in [0.25, 0.3) is 0 Å². The highest BCUT2D eigenvalue weighted by molar-refractivity contribution is 6.20. The molecule has 2 aromatic rings. The topological polar surface area (TPSA) is 55.6 Å². The minimum atomic E-state index is 0.0796. The summed E-state index contributed by atoms with van der Waals surface area (Å²) in [6.07, 6.45) is 0.904. The first kappa shape index (κ1) is 11.9. The number of alkyl halides is 1. The van der Waals surface area contributed by atoms with E-state index in [1.165, 1.54) is 0 Å². The quantitative estimate of drug-likeness (QED) is 0.827. The van der Waals surface area contributed by atoms with Crippen molar-refractivity contribution in [1.29, 1.82) is 0 Å². The van der Waals surface area contributed by atoms with Gasteiger partial charge in [0, 0.05) is 6.54 Å². The Hall–Kier alpha value is -1.62. The average Bonchev–Trinajstić information content (AvgIpc) is 2.85. The molecular weight excluding hydrogens is 238 g/mol. The van der Waals surface area contributed by atoms with E-state index in [1.54, 1.807) is 4.68 Å². The van der Waals surface area contributed by atoms with Crippen molar-refractivity contribution in [3.63, 3.8) is 0 Å². The van der Waals surface area contributed by atoms with E-state index in [0.717, 1.165) is 12.1 Å². The molecule has 0 aliphatic carbocycles. The Morgan fingerprint density at radius 2 is 2.12 bits per heavy atom. The minimum Gasteiger partial charge on any atom is -0.351 e. The van der Waals surface area contributed by atoms with Gasteiger partial charge in [0.1, 0.15) is 0 Å². The Bertz CT molecular complexity index is 456. The predicted octanol–water partition coefficient (Wildman–Crippen LogP) is 2.09. The highest BCUT2D eigenvalue weighted by Crippen LogP contribution is 2.11. The fourth-order valence-corrected chi connectivity index (χ4v) is 1.46. The number of nitrogens with one attached hydrogen (secondary N) is 1. The van der Waals surface area contributed by atoms with Gasteiger partial charge >= 0.3 is 0 Å². The van der Waals surface area contributed by atoms with Gasteiger partial charge in [0.05, 0.1) is 11.1 Å². The normalized spacial score (nSPS) is 12.4. The predicted molar refractivity (Wildman–Crippen MR) is 67.6 cm³/mol. The van der Waals surface area contributed by atoms with E-state index in [1.807, 2.05) is 37.3 Å². The summed E-state index contributed by atoms with van der Waals surface area (Å²) in [5, 5.41) is 14.7. The van der Waals surface area contributed by atoms with Crippen LogP contribution in [-0.2, 0) is 0 Å². The van der Waals surface area contributed by atoms with Crippen LogP contribution >= 0.6 is 11.6 Å². The van der Waals surface area contributed by atoms with E-state index in [-0.39, 0.29) is 5.38 Å². The standard InChI is InChI=1S/C11H14ClN5/c1-2-9(12)8-13-11-14-15-16-17(11)10-6-4-3-5-7-10/h3-7,9H,2,8H2,1H3,(H,13,14,16). The van der Waals surface area contributed by atoms with E-state index in [0.29, 0.717) is 12.5 Å². The van der Waals surface area contributed by atoms with Crippen molar-refractivity contribution in [3.05, 3.63) is 30.3 Å². The summed E-state index contributed by atoms with van der Waals surface area (Å²) < 4.78 is 1.65. The number of aromatic nitrogens is 4. The van der Waals surface area contributed by atoms with Gasteiger partial charge in [0.2, 0.25) is 5.95 Å². The van der Waals surface area contributed by atoms with Crippen LogP contribution in [0.3, 0.4) is 0 Å². The Labute approximate surface area is 105 Å². The molecule has 1 aromatic carbocycles. The summed E-state index contributed by atoms with van der Waals surface area (Å²) in [5.41, 5.74) is 0.919. The first-order valence-corrected chi connectivity index (χ1v) is 5.96. The lowest BCUT2D eigenvalue weighted by Gasteiger charge is -2.09. The van der Waals surface area contributed by atoms with Gasteiger partial charge < -0.3 is 5.32 Å². The Morgan fingerprint density at radius 1 is 1.35 bits per heavy atom. The molecule has 1 heterocycles. The third-order valence-electron chi connectivity index (χ3n) is 2.39. The zero-order valence-electron chi connectivity index (χ0n) is 9.55. The van der Waals surface area contributed by atoms with Gasteiger partial charge in [-0.1, -0.05) is 30.2 Å². The van der Waals surface area contributed by atoms with Crippen molar-refractivity contribution in [2.45, 2.75) is 18.7 Å². The van der Waals surface area contributed by atoms with E-state index in [4.69, 9.17) is 11.6 Å². The molecule has 0 fully saturated rings. The van der Waals surface area contributed by atoms with Crippen LogP contribution in [0.25, 0.3) is 5.69 Å². The molecule has 0 aliphatic heterocycles. The van der Waals surface area contributed by atoms with Gasteiger partial charge in [0.15, 0.2) is 0 Å². The van der Waals surface area contributed by atoms with Crippen LogP contribution < -0.4 is 5.32 Å². The van der Waals surface area contributed by atoms with E-state index >= 15 is 0 Å². The second kappa shape index (κ2) is 5.63. The molecule has 0 saturated heterocycles. The van der Waals surface area contributed by atoms with Gasteiger partial charge in [-0.25, -0.2) is 0 Å². The molecule has 1 atom stereocenters. The molecule has 5 nitrogen and oxygen atoms in total. The summed E-state index contributed by atoms with van der Waals surface area (Å²) >= 11 is 6.04. The maximum atomic E-state index is 6.04. The molecule has 6 heteroatoms. The molecule has 17 heavy (non-hydrogen) atoms. The molecule has 0 amide bonds. The fourth-order valence-electron chi connectivity index (χ4n) is 1.39. The lowest BCUT2D eigenvalue weighted by Crippen LogP contribution is -2.16. The van der Waals surface area contributed by atoms with Crippen molar-refractivity contribution in [2.75, 3.05) is 11.9 Å². The molecule has 0 radical (unpaired) electrons. The number of para-hydroxylation sites is 1. The first-order valence-electron chi connectivity index (χ1n) is 5.53. The third kappa shape index (κ3) is 2.94. The van der Waals surface area contributed by atoms with Crippen LogP contribution in [0.2, 0.25) is 0 Å². The molecule has 2 rings (SSSR count). The Morgan fingerprint density at radius 3 is 2.82 bits per heavy atom. The van der Waals surface area contributed by atoms with Crippen LogP contribution in [0.1, 0.15) is 13.3 Å². The monoisotopic (exact) mass is 251 g/mol. The molecule has 90 valence electrons. The summed E-state index contributed by atoms with van der Waals surface area (Å²) in [7, 11) is 0. The van der Waals surface area contributed by atoms with Crippen molar-refractivity contribution >= 4 is 17.5 Å². The van der Waals surface area contributed by atoms with Crippen molar-refractivity contribution in [2.24, 2.45) is 0 Å². The average molecular weight is 252 g/mol. The number of nitrogens with zero attached hydrogens (tertiary/aromatic N) is 4. The summed E-state index contributed by atoms with van der Waals surface area (Å²) in [4.78, 5) is 0. The lowest BCUT2D eigenvalue weighted by molar-refractivity contribution is 0.784. The highest BCUT2D eigenvalue weighted by Gasteiger charge is 2.08. The molecule has 0 aliphatic rings. The molecule has 1 unspecified atom stereocenters. The number of benzene rings is 1. The van der Waals surface area contributed by atoms with E-state index < -0.39 is 0 Å². The van der Waals surface area contributed by atoms with E-state index in [2.05, 4.69) is 20.8 Å². The molecular formula is C11H14ClN5. The Balaban J connectivity index is 2.12. The third-order valence-corrected chi connectivity index (χ3v) is 2.86. The maximum Gasteiger partial charge on any atom is 0.247 e. The van der Waals surface area contributed by atoms with Crippen LogP contribution in [0, 0.1) is 0 Å². The number of tetrazole rings is 1. The minimum absolute atomic E-state index is 0.0796. The summed E-state index contributed by atoms with van der Waals surface area (Å²) in [6, 6.07) is 9.72. The summed E-state index contributed by atoms with van der Waals surface area (Å²) in [6.45, 7) is 2.69. The van der Waals surface area contributed by atoms with Crippen molar-refractivity contribution in [1.82, 2.24) is 20.2 Å². The van der Waals surface area contributed by atoms with Gasteiger partial charge in [-0.15, -0.1) is 11.6 Å². The first-order chi connectivity index (χ1) is 8.31. The van der Waals surface area contributed by atoms with Gasteiger partial charge in [-0.2, -0.15) is 4.68 Å². The Kier molecular flexibility index (Phi) is 3.93. The smallest absolute Gasteiger partial charge is 0.247 e. The summed E-state index contributed by atoms with van der Waals surface area (Å²) in [5.74, 6) is 0.607. The molecule has 1 N–H and O–H groups in total. The van der Waals surface area contributed by atoms with Crippen molar-refractivity contribution in [3.8, 4) is 5.69 Å². The zero-order valence-corrected chi connectivity index (χ0v) is 10.3. The molecule has 1 aromatic heterocycles. The van der Waals surface area contributed by atoms with Gasteiger partial charge in [-0.3, -0.25) is 0 Å². The molecule has 0 saturated carbocycles. The number of hydrogen-bond acceptors (Lipinski definition) is 4. The van der Waals surface area contributed by atoms with E-state index in [9.17, 15) is 0 Å². The molecule has 0 bridgehead atoms. The molecule has 0 spiro atoms.